The lowest BCUT2D eigenvalue weighted by molar-refractivity contribution is 0.476. The lowest BCUT2D eigenvalue weighted by Crippen LogP contribution is -2.29. The topological polar surface area (TPSA) is 55.9 Å². The second kappa shape index (κ2) is 6.33. The highest BCUT2D eigenvalue weighted by Gasteiger charge is 2.12. The second-order valence-corrected chi connectivity index (χ2v) is 4.53. The first-order valence-electron chi connectivity index (χ1n) is 6.27. The smallest absolute Gasteiger partial charge is 0.0946 e. The molecule has 1 aromatic carbocycles. The van der Waals surface area contributed by atoms with Crippen LogP contribution in [0.15, 0.2) is 42.9 Å². The first-order valence-corrected chi connectivity index (χ1v) is 6.27. The van der Waals surface area contributed by atoms with E-state index in [0.717, 1.165) is 25.0 Å². The Hall–Kier alpha value is -1.65. The zero-order valence-electron chi connectivity index (χ0n) is 10.7. The van der Waals surface area contributed by atoms with Crippen molar-refractivity contribution < 1.29 is 0 Å². The highest BCUT2D eigenvalue weighted by atomic mass is 15.2. The van der Waals surface area contributed by atoms with Gasteiger partial charge in [-0.3, -0.25) is 11.3 Å². The number of rotatable bonds is 6. The molecule has 18 heavy (non-hydrogen) atoms. The normalized spacial score (nSPS) is 12.6. The molecule has 1 atom stereocenters. The summed E-state index contributed by atoms with van der Waals surface area (Å²) in [5.74, 6) is 5.62. The van der Waals surface area contributed by atoms with Crippen LogP contribution in [0.1, 0.15) is 30.1 Å². The van der Waals surface area contributed by atoms with E-state index in [4.69, 9.17) is 5.84 Å². The number of imidazole rings is 1. The predicted molar refractivity (Wildman–Crippen MR) is 72.7 cm³/mol. The van der Waals surface area contributed by atoms with Gasteiger partial charge in [0, 0.05) is 13.2 Å². The molecule has 2 rings (SSSR count). The molecule has 0 spiro atoms. The molecule has 0 radical (unpaired) electrons. The maximum Gasteiger partial charge on any atom is 0.0946 e. The third-order valence-electron chi connectivity index (χ3n) is 3.21. The molecule has 1 aromatic heterocycles. The van der Waals surface area contributed by atoms with Gasteiger partial charge in [-0.1, -0.05) is 30.3 Å². The lowest BCUT2D eigenvalue weighted by atomic mass is 10.0. The van der Waals surface area contributed by atoms with Crippen LogP contribution in [0.3, 0.4) is 0 Å². The van der Waals surface area contributed by atoms with Crippen LogP contribution in [-0.4, -0.2) is 9.55 Å². The van der Waals surface area contributed by atoms with Crippen molar-refractivity contribution in [3.63, 3.8) is 0 Å². The van der Waals surface area contributed by atoms with E-state index in [1.165, 1.54) is 5.56 Å². The molecule has 0 bridgehead atoms. The average molecular weight is 244 g/mol. The van der Waals surface area contributed by atoms with Crippen molar-refractivity contribution in [3.8, 4) is 0 Å². The van der Waals surface area contributed by atoms with Gasteiger partial charge in [-0.25, -0.2) is 4.98 Å². The Kier molecular flexibility index (Phi) is 4.50. The minimum absolute atomic E-state index is 0.168. The molecule has 0 saturated carbocycles. The van der Waals surface area contributed by atoms with Crippen LogP contribution < -0.4 is 11.3 Å². The Morgan fingerprint density at radius 2 is 2.11 bits per heavy atom. The van der Waals surface area contributed by atoms with E-state index in [1.54, 1.807) is 6.33 Å². The summed E-state index contributed by atoms with van der Waals surface area (Å²) in [7, 11) is 1.99. The number of nitrogens with one attached hydrogen (secondary N) is 1. The van der Waals surface area contributed by atoms with Crippen LogP contribution in [-0.2, 0) is 13.5 Å². The molecule has 3 N–H and O–H groups in total. The lowest BCUT2D eigenvalue weighted by Gasteiger charge is -2.16. The molecule has 0 aliphatic rings. The van der Waals surface area contributed by atoms with Gasteiger partial charge >= 0.3 is 0 Å². The molecule has 0 amide bonds. The number of benzene rings is 1. The third kappa shape index (κ3) is 3.18. The molecule has 4 heteroatoms. The number of hydrazine groups is 1. The average Bonchev–Trinajstić information content (AvgIpc) is 2.82. The molecule has 0 aliphatic heterocycles. The van der Waals surface area contributed by atoms with Gasteiger partial charge in [-0.05, 0) is 24.8 Å². The van der Waals surface area contributed by atoms with Crippen LogP contribution in [0.4, 0.5) is 0 Å². The number of aryl methyl sites for hydroxylation is 2. The molecule has 0 fully saturated rings. The maximum absolute atomic E-state index is 5.62. The fraction of sp³-hybridized carbons (Fsp3) is 0.357. The van der Waals surface area contributed by atoms with Gasteiger partial charge < -0.3 is 4.57 Å². The predicted octanol–water partition coefficient (Wildman–Crippen LogP) is 1.95. The van der Waals surface area contributed by atoms with Crippen LogP contribution in [0.25, 0.3) is 0 Å². The summed E-state index contributed by atoms with van der Waals surface area (Å²) >= 11 is 0. The van der Waals surface area contributed by atoms with E-state index in [9.17, 15) is 0 Å². The summed E-state index contributed by atoms with van der Waals surface area (Å²) in [6.07, 6.45) is 6.86. The fourth-order valence-corrected chi connectivity index (χ4v) is 2.17. The maximum atomic E-state index is 5.62. The van der Waals surface area contributed by atoms with Crippen LogP contribution in [0, 0.1) is 0 Å². The van der Waals surface area contributed by atoms with E-state index < -0.39 is 0 Å². The first kappa shape index (κ1) is 12.8. The van der Waals surface area contributed by atoms with E-state index in [-0.39, 0.29) is 6.04 Å². The largest absolute Gasteiger partial charge is 0.336 e. The summed E-state index contributed by atoms with van der Waals surface area (Å²) < 4.78 is 2.01. The molecular formula is C14H20N4. The van der Waals surface area contributed by atoms with Gasteiger partial charge in [-0.15, -0.1) is 0 Å². The van der Waals surface area contributed by atoms with Gasteiger partial charge in [0.2, 0.25) is 0 Å². The van der Waals surface area contributed by atoms with E-state index >= 15 is 0 Å². The van der Waals surface area contributed by atoms with E-state index in [1.807, 2.05) is 23.9 Å². The fourth-order valence-electron chi connectivity index (χ4n) is 2.17. The molecule has 0 aliphatic carbocycles. The summed E-state index contributed by atoms with van der Waals surface area (Å²) in [6.45, 7) is 0. The van der Waals surface area contributed by atoms with Crippen LogP contribution >= 0.6 is 0 Å². The summed E-state index contributed by atoms with van der Waals surface area (Å²) in [5, 5.41) is 0. The molecule has 96 valence electrons. The Bertz CT molecular complexity index is 464. The molecule has 2 aromatic rings. The minimum atomic E-state index is 0.168. The van der Waals surface area contributed by atoms with Gasteiger partial charge in [0.05, 0.1) is 18.1 Å². The zero-order chi connectivity index (χ0) is 12.8. The minimum Gasteiger partial charge on any atom is -0.336 e. The number of aromatic nitrogens is 2. The quantitative estimate of drug-likeness (QED) is 0.603. The number of hydrogen-bond donors (Lipinski definition) is 2. The Morgan fingerprint density at radius 1 is 1.33 bits per heavy atom. The zero-order valence-corrected chi connectivity index (χ0v) is 10.7. The number of hydrogen-bond acceptors (Lipinski definition) is 3. The number of nitrogens with two attached hydrogens (primary N) is 1. The summed E-state index contributed by atoms with van der Waals surface area (Å²) in [6, 6.07) is 10.7. The van der Waals surface area contributed by atoms with Crippen molar-refractivity contribution in [2.24, 2.45) is 12.9 Å². The van der Waals surface area contributed by atoms with Crippen molar-refractivity contribution in [3.05, 3.63) is 54.1 Å². The van der Waals surface area contributed by atoms with Crippen molar-refractivity contribution in [1.82, 2.24) is 15.0 Å². The van der Waals surface area contributed by atoms with Gasteiger partial charge in [0.1, 0.15) is 0 Å². The van der Waals surface area contributed by atoms with Crippen molar-refractivity contribution in [2.45, 2.75) is 25.3 Å². The van der Waals surface area contributed by atoms with Crippen molar-refractivity contribution >= 4 is 0 Å². The van der Waals surface area contributed by atoms with E-state index in [0.29, 0.717) is 0 Å². The second-order valence-electron chi connectivity index (χ2n) is 4.53. The van der Waals surface area contributed by atoms with Gasteiger partial charge in [-0.2, -0.15) is 0 Å². The third-order valence-corrected chi connectivity index (χ3v) is 3.21. The highest BCUT2D eigenvalue weighted by Crippen LogP contribution is 2.18. The number of nitrogens with zero attached hydrogens (tertiary/aromatic N) is 2. The monoisotopic (exact) mass is 244 g/mol. The summed E-state index contributed by atoms with van der Waals surface area (Å²) in [4.78, 5) is 4.12. The summed E-state index contributed by atoms with van der Waals surface area (Å²) in [5.41, 5.74) is 5.37. The molecule has 0 saturated heterocycles. The molecule has 4 nitrogen and oxygen atoms in total. The first-order chi connectivity index (χ1) is 8.81. The molecule has 1 unspecified atom stereocenters. The highest BCUT2D eigenvalue weighted by molar-refractivity contribution is 5.14. The Labute approximate surface area is 108 Å². The Morgan fingerprint density at radius 3 is 2.72 bits per heavy atom. The molecular weight excluding hydrogens is 224 g/mol. The van der Waals surface area contributed by atoms with Crippen LogP contribution in [0.5, 0.6) is 0 Å². The van der Waals surface area contributed by atoms with Crippen molar-refractivity contribution in [2.75, 3.05) is 0 Å². The van der Waals surface area contributed by atoms with Crippen molar-refractivity contribution in [1.29, 1.82) is 0 Å². The van der Waals surface area contributed by atoms with E-state index in [2.05, 4.69) is 34.7 Å². The SMILES string of the molecule is Cn1cncc1C(CCCc1ccccc1)NN. The Balaban J connectivity index is 1.87. The molecule has 1 heterocycles. The van der Waals surface area contributed by atoms with Gasteiger partial charge in [0.15, 0.2) is 0 Å². The van der Waals surface area contributed by atoms with Gasteiger partial charge in [0.25, 0.3) is 0 Å². The van der Waals surface area contributed by atoms with Crippen LogP contribution in [0.2, 0.25) is 0 Å². The standard InChI is InChI=1S/C14H20N4/c1-18-11-16-10-14(18)13(17-15)9-5-8-12-6-3-2-4-7-12/h2-4,6-7,10-11,13,17H,5,8-9,15H2,1H3.